The Morgan fingerprint density at radius 2 is 1.81 bits per heavy atom. The molecule has 1 N–H and O–H groups in total. The van der Waals surface area contributed by atoms with Crippen LogP contribution in [0.1, 0.15) is 10.4 Å². The Hall–Kier alpha value is -2.95. The van der Waals surface area contributed by atoms with Crippen molar-refractivity contribution in [2.75, 3.05) is 0 Å². The standard InChI is InChI=1S/C16H10FNO3/c17-10-4-6-11(7-5-10)21-15-9-8-12-13(16(19)20)2-1-3-14(12)18-15/h1-9H,(H,19,20). The van der Waals surface area contributed by atoms with Crippen LogP contribution in [0.25, 0.3) is 10.9 Å². The Morgan fingerprint density at radius 1 is 1.05 bits per heavy atom. The number of hydrogen-bond donors (Lipinski definition) is 1. The summed E-state index contributed by atoms with van der Waals surface area (Å²) in [5.74, 6) is -0.580. The van der Waals surface area contributed by atoms with Crippen molar-refractivity contribution in [1.29, 1.82) is 0 Å². The first-order valence-electron chi connectivity index (χ1n) is 6.20. The predicted octanol–water partition coefficient (Wildman–Crippen LogP) is 3.86. The number of carboxylic acids is 1. The molecule has 21 heavy (non-hydrogen) atoms. The summed E-state index contributed by atoms with van der Waals surface area (Å²) >= 11 is 0. The Balaban J connectivity index is 1.98. The minimum atomic E-state index is -1.00. The van der Waals surface area contributed by atoms with Gasteiger partial charge in [-0.15, -0.1) is 0 Å². The van der Waals surface area contributed by atoms with Gasteiger partial charge in [0.2, 0.25) is 5.88 Å². The summed E-state index contributed by atoms with van der Waals surface area (Å²) in [5.41, 5.74) is 0.711. The van der Waals surface area contributed by atoms with Gasteiger partial charge in [-0.3, -0.25) is 0 Å². The number of pyridine rings is 1. The van der Waals surface area contributed by atoms with Crippen LogP contribution in [0.2, 0.25) is 0 Å². The van der Waals surface area contributed by atoms with Crippen LogP contribution in [0.5, 0.6) is 11.6 Å². The highest BCUT2D eigenvalue weighted by atomic mass is 19.1. The highest BCUT2D eigenvalue weighted by molar-refractivity contribution is 6.02. The molecule has 0 unspecified atom stereocenters. The van der Waals surface area contributed by atoms with Crippen molar-refractivity contribution >= 4 is 16.9 Å². The molecule has 0 saturated carbocycles. The van der Waals surface area contributed by atoms with E-state index in [0.717, 1.165) is 0 Å². The number of hydrogen-bond acceptors (Lipinski definition) is 3. The molecule has 0 fully saturated rings. The molecule has 0 amide bonds. The first kappa shape index (κ1) is 13.1. The average Bonchev–Trinajstić information content (AvgIpc) is 2.48. The van der Waals surface area contributed by atoms with Gasteiger partial charge in [-0.25, -0.2) is 14.2 Å². The Labute approximate surface area is 119 Å². The van der Waals surface area contributed by atoms with Crippen molar-refractivity contribution in [1.82, 2.24) is 4.98 Å². The maximum Gasteiger partial charge on any atom is 0.336 e. The largest absolute Gasteiger partial charge is 0.478 e. The monoisotopic (exact) mass is 283 g/mol. The Bertz CT molecular complexity index is 815. The zero-order valence-electron chi connectivity index (χ0n) is 10.8. The molecular formula is C16H10FNO3. The molecule has 0 bridgehead atoms. The average molecular weight is 283 g/mol. The minimum Gasteiger partial charge on any atom is -0.478 e. The number of aromatic carboxylic acids is 1. The van der Waals surface area contributed by atoms with Gasteiger partial charge < -0.3 is 9.84 Å². The number of rotatable bonds is 3. The number of aromatic nitrogens is 1. The molecule has 0 aliphatic carbocycles. The van der Waals surface area contributed by atoms with Crippen LogP contribution in [0.4, 0.5) is 4.39 Å². The topological polar surface area (TPSA) is 59.4 Å². The Morgan fingerprint density at radius 3 is 2.52 bits per heavy atom. The van der Waals surface area contributed by atoms with Gasteiger partial charge in [0.25, 0.3) is 0 Å². The van der Waals surface area contributed by atoms with Gasteiger partial charge in [0.15, 0.2) is 0 Å². The fourth-order valence-corrected chi connectivity index (χ4v) is 2.00. The maximum atomic E-state index is 12.8. The van der Waals surface area contributed by atoms with Crippen LogP contribution in [0, 0.1) is 5.82 Å². The summed E-state index contributed by atoms with van der Waals surface area (Å²) in [5, 5.41) is 9.66. The number of benzene rings is 2. The van der Waals surface area contributed by atoms with Gasteiger partial charge in [0.05, 0.1) is 11.1 Å². The van der Waals surface area contributed by atoms with Crippen LogP contribution in [0.3, 0.4) is 0 Å². The number of fused-ring (bicyclic) bond motifs is 1. The number of halogens is 1. The van der Waals surface area contributed by atoms with Gasteiger partial charge in [0, 0.05) is 11.5 Å². The first-order valence-corrected chi connectivity index (χ1v) is 6.20. The first-order chi connectivity index (χ1) is 10.1. The molecule has 104 valence electrons. The molecule has 1 aromatic heterocycles. The molecule has 0 radical (unpaired) electrons. The molecule has 0 aliphatic rings. The van der Waals surface area contributed by atoms with Crippen LogP contribution < -0.4 is 4.74 Å². The minimum absolute atomic E-state index is 0.188. The van der Waals surface area contributed by atoms with E-state index in [9.17, 15) is 9.18 Å². The lowest BCUT2D eigenvalue weighted by Crippen LogP contribution is -1.98. The van der Waals surface area contributed by atoms with Crippen molar-refractivity contribution in [2.24, 2.45) is 0 Å². The lowest BCUT2D eigenvalue weighted by Gasteiger charge is -2.07. The summed E-state index contributed by atoms with van der Waals surface area (Å²) in [4.78, 5) is 15.4. The van der Waals surface area contributed by atoms with E-state index in [0.29, 0.717) is 22.5 Å². The SMILES string of the molecule is O=C(O)c1cccc2nc(Oc3ccc(F)cc3)ccc12. The highest BCUT2D eigenvalue weighted by Crippen LogP contribution is 2.24. The van der Waals surface area contributed by atoms with E-state index in [1.807, 2.05) is 0 Å². The molecule has 5 heteroatoms. The lowest BCUT2D eigenvalue weighted by atomic mass is 10.1. The van der Waals surface area contributed by atoms with Crippen molar-refractivity contribution < 1.29 is 19.0 Å². The van der Waals surface area contributed by atoms with Crippen LogP contribution in [-0.2, 0) is 0 Å². The lowest BCUT2D eigenvalue weighted by molar-refractivity contribution is 0.0699. The molecule has 3 rings (SSSR count). The van der Waals surface area contributed by atoms with Crippen LogP contribution >= 0.6 is 0 Å². The van der Waals surface area contributed by atoms with Gasteiger partial charge in [-0.05, 0) is 42.5 Å². The number of nitrogens with zero attached hydrogens (tertiary/aromatic N) is 1. The number of carbonyl (C=O) groups is 1. The van der Waals surface area contributed by atoms with E-state index in [2.05, 4.69) is 4.98 Å². The van der Waals surface area contributed by atoms with E-state index in [1.54, 1.807) is 24.3 Å². The molecule has 0 aliphatic heterocycles. The van der Waals surface area contributed by atoms with E-state index in [1.165, 1.54) is 30.3 Å². The zero-order chi connectivity index (χ0) is 14.8. The summed E-state index contributed by atoms with van der Waals surface area (Å²) < 4.78 is 18.3. The van der Waals surface area contributed by atoms with Crippen molar-refractivity contribution in [3.8, 4) is 11.6 Å². The third kappa shape index (κ3) is 2.67. The second-order valence-electron chi connectivity index (χ2n) is 4.38. The van der Waals surface area contributed by atoms with Crippen LogP contribution in [-0.4, -0.2) is 16.1 Å². The normalized spacial score (nSPS) is 10.5. The fourth-order valence-electron chi connectivity index (χ4n) is 2.00. The number of carboxylic acid groups (broad SMARTS) is 1. The third-order valence-electron chi connectivity index (χ3n) is 2.97. The quantitative estimate of drug-likeness (QED) is 0.792. The van der Waals surface area contributed by atoms with E-state index in [-0.39, 0.29) is 11.4 Å². The van der Waals surface area contributed by atoms with Crippen LogP contribution in [0.15, 0.2) is 54.6 Å². The highest BCUT2D eigenvalue weighted by Gasteiger charge is 2.09. The van der Waals surface area contributed by atoms with E-state index >= 15 is 0 Å². The molecule has 0 atom stereocenters. The van der Waals surface area contributed by atoms with E-state index < -0.39 is 5.97 Å². The summed E-state index contributed by atoms with van der Waals surface area (Å²) in [6.45, 7) is 0. The number of ether oxygens (including phenoxy) is 1. The van der Waals surface area contributed by atoms with Gasteiger partial charge in [-0.2, -0.15) is 0 Å². The van der Waals surface area contributed by atoms with Gasteiger partial charge >= 0.3 is 5.97 Å². The third-order valence-corrected chi connectivity index (χ3v) is 2.97. The maximum absolute atomic E-state index is 12.8. The second kappa shape index (κ2) is 5.20. The van der Waals surface area contributed by atoms with E-state index in [4.69, 9.17) is 9.84 Å². The van der Waals surface area contributed by atoms with Crippen molar-refractivity contribution in [3.63, 3.8) is 0 Å². The van der Waals surface area contributed by atoms with Crippen molar-refractivity contribution in [3.05, 3.63) is 66.0 Å². The molecule has 4 nitrogen and oxygen atoms in total. The van der Waals surface area contributed by atoms with Gasteiger partial charge in [0.1, 0.15) is 11.6 Å². The second-order valence-corrected chi connectivity index (χ2v) is 4.38. The summed E-state index contributed by atoms with van der Waals surface area (Å²) in [6, 6.07) is 13.6. The van der Waals surface area contributed by atoms with Crippen molar-refractivity contribution in [2.45, 2.75) is 0 Å². The summed E-state index contributed by atoms with van der Waals surface area (Å²) in [6.07, 6.45) is 0. The van der Waals surface area contributed by atoms with Gasteiger partial charge in [-0.1, -0.05) is 6.07 Å². The summed E-state index contributed by atoms with van der Waals surface area (Å²) in [7, 11) is 0. The fraction of sp³-hybridized carbons (Fsp3) is 0. The molecular weight excluding hydrogens is 273 g/mol. The zero-order valence-corrected chi connectivity index (χ0v) is 10.8. The molecule has 0 spiro atoms. The smallest absolute Gasteiger partial charge is 0.336 e. The molecule has 1 heterocycles. The molecule has 3 aromatic rings. The Kier molecular flexibility index (Phi) is 3.23. The predicted molar refractivity (Wildman–Crippen MR) is 75.2 cm³/mol. The molecule has 0 saturated heterocycles. The molecule has 2 aromatic carbocycles.